The van der Waals surface area contributed by atoms with Crippen LogP contribution >= 0.6 is 0 Å². The van der Waals surface area contributed by atoms with Crippen LogP contribution in [0.15, 0.2) is 34.4 Å². The van der Waals surface area contributed by atoms with Crippen LogP contribution in [-0.2, 0) is 4.74 Å². The van der Waals surface area contributed by atoms with Crippen molar-refractivity contribution in [1.29, 1.82) is 0 Å². The molecule has 0 spiro atoms. The van der Waals surface area contributed by atoms with Gasteiger partial charge in [-0.05, 0) is 25.5 Å². The van der Waals surface area contributed by atoms with Gasteiger partial charge in [0.25, 0.3) is 0 Å². The average molecular weight is 311 g/mol. The van der Waals surface area contributed by atoms with E-state index in [4.69, 9.17) is 10.5 Å². The molecule has 0 bridgehead atoms. The van der Waals surface area contributed by atoms with E-state index in [1.807, 2.05) is 0 Å². The van der Waals surface area contributed by atoms with Crippen molar-refractivity contribution in [1.82, 2.24) is 9.55 Å². The fourth-order valence-corrected chi connectivity index (χ4v) is 2.21. The normalized spacial score (nSPS) is 30.9. The second kappa shape index (κ2) is 6.02. The zero-order valence-electron chi connectivity index (χ0n) is 12.2. The lowest BCUT2D eigenvalue weighted by molar-refractivity contribution is -0.0554. The molecule has 0 saturated carbocycles. The summed E-state index contributed by atoms with van der Waals surface area (Å²) in [4.78, 5) is 15.4. The third-order valence-electron chi connectivity index (χ3n) is 3.35. The third-order valence-corrected chi connectivity index (χ3v) is 3.35. The first-order valence-corrected chi connectivity index (χ1v) is 6.68. The average Bonchev–Trinajstić information content (AvgIpc) is 2.70. The molecule has 0 amide bonds. The molecule has 1 saturated heterocycles. The molecule has 120 valence electrons. The molecule has 1 aromatic heterocycles. The van der Waals surface area contributed by atoms with Gasteiger partial charge in [0.1, 0.15) is 18.0 Å². The highest BCUT2D eigenvalue weighted by atomic mass is 19.1. The number of ether oxygens (including phenoxy) is 1. The molecular formula is C14H18FN3O4. The summed E-state index contributed by atoms with van der Waals surface area (Å²) in [6.45, 7) is 2.82. The van der Waals surface area contributed by atoms with Gasteiger partial charge < -0.3 is 20.7 Å². The van der Waals surface area contributed by atoms with Gasteiger partial charge in [0.15, 0.2) is 6.23 Å². The van der Waals surface area contributed by atoms with E-state index in [9.17, 15) is 15.0 Å². The molecule has 1 aromatic rings. The summed E-state index contributed by atoms with van der Waals surface area (Å²) in [5.41, 5.74) is 5.49. The summed E-state index contributed by atoms with van der Waals surface area (Å²) in [5, 5.41) is 19.3. The van der Waals surface area contributed by atoms with Crippen molar-refractivity contribution in [3.05, 3.63) is 40.1 Å². The summed E-state index contributed by atoms with van der Waals surface area (Å²) in [7, 11) is 0. The molecule has 2 heterocycles. The largest absolute Gasteiger partial charge is 0.394 e. The molecule has 1 aliphatic rings. The lowest BCUT2D eigenvalue weighted by atomic mass is 9.95. The fraction of sp³-hybridized carbons (Fsp3) is 0.500. The van der Waals surface area contributed by atoms with Gasteiger partial charge in [-0.2, -0.15) is 4.98 Å². The Morgan fingerprint density at radius 2 is 2.36 bits per heavy atom. The van der Waals surface area contributed by atoms with Gasteiger partial charge in [0.05, 0.1) is 6.61 Å². The lowest BCUT2D eigenvalue weighted by Crippen LogP contribution is -2.43. The van der Waals surface area contributed by atoms with Crippen LogP contribution in [0.3, 0.4) is 0 Å². The van der Waals surface area contributed by atoms with Crippen molar-refractivity contribution >= 4 is 5.82 Å². The summed E-state index contributed by atoms with van der Waals surface area (Å²) in [5.74, 6) is -0.0113. The van der Waals surface area contributed by atoms with Crippen molar-refractivity contribution in [2.24, 2.45) is 0 Å². The molecule has 1 fully saturated rings. The van der Waals surface area contributed by atoms with Gasteiger partial charge in [-0.25, -0.2) is 9.18 Å². The Kier molecular flexibility index (Phi) is 4.48. The number of halogens is 1. The van der Waals surface area contributed by atoms with Gasteiger partial charge in [-0.15, -0.1) is 5.73 Å². The molecule has 4 N–H and O–H groups in total. The SMILES string of the molecule is CC(C)=C=C[C@@]1(F)[C@H](O)[C@@H](CO)O[C@H]1n1ccc(N)nc1=O. The third kappa shape index (κ3) is 2.82. The van der Waals surface area contributed by atoms with Crippen molar-refractivity contribution in [3.8, 4) is 0 Å². The van der Waals surface area contributed by atoms with E-state index in [2.05, 4.69) is 10.7 Å². The standard InChI is InChI=1S/C14H18FN3O4/c1-8(2)3-5-14(15)11(20)9(7-19)22-12(14)18-6-4-10(16)17-13(18)21/h4-6,9,11-12,19-20H,7H2,1-2H3,(H2,16,17,21)/t9-,11-,12-,14-/m1/s1. The number of anilines is 1. The highest BCUT2D eigenvalue weighted by Crippen LogP contribution is 2.41. The predicted molar refractivity (Wildman–Crippen MR) is 76.7 cm³/mol. The highest BCUT2D eigenvalue weighted by Gasteiger charge is 2.57. The Balaban J connectivity index is 2.56. The van der Waals surface area contributed by atoms with E-state index in [1.54, 1.807) is 13.8 Å². The van der Waals surface area contributed by atoms with E-state index < -0.39 is 36.4 Å². The van der Waals surface area contributed by atoms with E-state index in [0.717, 1.165) is 10.6 Å². The summed E-state index contributed by atoms with van der Waals surface area (Å²) >= 11 is 0. The van der Waals surface area contributed by atoms with Gasteiger partial charge in [0.2, 0.25) is 5.67 Å². The minimum Gasteiger partial charge on any atom is -0.394 e. The molecule has 1 aliphatic heterocycles. The highest BCUT2D eigenvalue weighted by molar-refractivity contribution is 5.24. The van der Waals surface area contributed by atoms with Crippen LogP contribution in [-0.4, -0.2) is 44.2 Å². The van der Waals surface area contributed by atoms with Crippen LogP contribution in [0.2, 0.25) is 0 Å². The molecule has 7 nitrogen and oxygen atoms in total. The molecular weight excluding hydrogens is 293 g/mol. The Bertz CT molecular complexity index is 679. The fourth-order valence-electron chi connectivity index (χ4n) is 2.21. The monoisotopic (exact) mass is 311 g/mol. The first-order valence-electron chi connectivity index (χ1n) is 6.68. The Hall–Kier alpha value is -1.99. The van der Waals surface area contributed by atoms with Crippen LogP contribution < -0.4 is 11.4 Å². The van der Waals surface area contributed by atoms with Crippen molar-refractivity contribution in [3.63, 3.8) is 0 Å². The maximum Gasteiger partial charge on any atom is 0.351 e. The molecule has 0 radical (unpaired) electrons. The number of hydrogen-bond donors (Lipinski definition) is 3. The summed E-state index contributed by atoms with van der Waals surface area (Å²) in [6, 6.07) is 1.31. The minimum absolute atomic E-state index is 0.0113. The van der Waals surface area contributed by atoms with Crippen LogP contribution in [0.5, 0.6) is 0 Å². The Morgan fingerprint density at radius 3 is 2.91 bits per heavy atom. The van der Waals surface area contributed by atoms with Crippen molar-refractivity contribution < 1.29 is 19.3 Å². The topological polar surface area (TPSA) is 111 Å². The van der Waals surface area contributed by atoms with Crippen LogP contribution in [0, 0.1) is 0 Å². The lowest BCUT2D eigenvalue weighted by Gasteiger charge is -2.25. The van der Waals surface area contributed by atoms with Gasteiger partial charge in [-0.3, -0.25) is 4.57 Å². The number of aliphatic hydroxyl groups is 2. The number of rotatable bonds is 3. The van der Waals surface area contributed by atoms with Crippen molar-refractivity contribution in [2.45, 2.75) is 38.0 Å². The molecule has 0 aliphatic carbocycles. The van der Waals surface area contributed by atoms with Crippen LogP contribution in [0.1, 0.15) is 20.1 Å². The van der Waals surface area contributed by atoms with E-state index in [1.165, 1.54) is 12.3 Å². The minimum atomic E-state index is -2.44. The number of aliphatic hydroxyl groups excluding tert-OH is 2. The zero-order valence-corrected chi connectivity index (χ0v) is 12.2. The predicted octanol–water partition coefficient (Wildman–Crippen LogP) is -0.0943. The first kappa shape index (κ1) is 16.4. The smallest absolute Gasteiger partial charge is 0.351 e. The van der Waals surface area contributed by atoms with Crippen LogP contribution in [0.4, 0.5) is 10.2 Å². The number of nitrogens with zero attached hydrogens (tertiary/aromatic N) is 2. The van der Waals surface area contributed by atoms with Gasteiger partial charge >= 0.3 is 5.69 Å². The molecule has 4 atom stereocenters. The maximum atomic E-state index is 15.3. The maximum absolute atomic E-state index is 15.3. The first-order chi connectivity index (χ1) is 10.3. The molecule has 2 rings (SSSR count). The van der Waals surface area contributed by atoms with E-state index in [-0.39, 0.29) is 5.82 Å². The van der Waals surface area contributed by atoms with Gasteiger partial charge in [-0.1, -0.05) is 0 Å². The Labute approximate surface area is 126 Å². The van der Waals surface area contributed by atoms with Crippen molar-refractivity contribution in [2.75, 3.05) is 12.3 Å². The second-order valence-corrected chi connectivity index (χ2v) is 5.31. The van der Waals surface area contributed by atoms with Gasteiger partial charge in [0, 0.05) is 12.3 Å². The number of hydrogen-bond acceptors (Lipinski definition) is 6. The van der Waals surface area contributed by atoms with E-state index >= 15 is 4.39 Å². The molecule has 0 unspecified atom stereocenters. The Morgan fingerprint density at radius 1 is 1.68 bits per heavy atom. The second-order valence-electron chi connectivity index (χ2n) is 5.31. The number of nitrogens with two attached hydrogens (primary N) is 1. The van der Waals surface area contributed by atoms with E-state index in [0.29, 0.717) is 5.57 Å². The molecule has 8 heteroatoms. The molecule has 22 heavy (non-hydrogen) atoms. The zero-order chi connectivity index (χ0) is 16.5. The number of aromatic nitrogens is 2. The summed E-state index contributed by atoms with van der Waals surface area (Å²) < 4.78 is 21.5. The number of alkyl halides is 1. The summed E-state index contributed by atoms with van der Waals surface area (Å²) in [6.07, 6.45) is -2.07. The number of nitrogen functional groups attached to an aromatic ring is 1. The quantitative estimate of drug-likeness (QED) is 0.673. The molecule has 0 aromatic carbocycles. The van der Waals surface area contributed by atoms with Crippen LogP contribution in [0.25, 0.3) is 0 Å².